The minimum Gasteiger partial charge on any atom is -0.176 e. The van der Waals surface area contributed by atoms with E-state index in [1.165, 1.54) is 10.2 Å². The van der Waals surface area contributed by atoms with E-state index in [2.05, 4.69) is 41.3 Å². The van der Waals surface area contributed by atoms with Gasteiger partial charge in [0.15, 0.2) is 0 Å². The van der Waals surface area contributed by atoms with Gasteiger partial charge >= 0.3 is 5.51 Å². The van der Waals surface area contributed by atoms with Crippen LogP contribution in [-0.4, -0.2) is 0 Å². The van der Waals surface area contributed by atoms with E-state index in [1.54, 1.807) is 11.3 Å². The molecule has 1 radical (unpaired) electrons. The van der Waals surface area contributed by atoms with E-state index in [1.807, 2.05) is 0 Å². The summed E-state index contributed by atoms with van der Waals surface area (Å²) in [5, 5.41) is 0. The first kappa shape index (κ1) is 6.80. The van der Waals surface area contributed by atoms with Gasteiger partial charge in [-0.15, -0.1) is 0 Å². The highest BCUT2D eigenvalue weighted by Gasteiger charge is 2.08. The van der Waals surface area contributed by atoms with Gasteiger partial charge in [-0.05, 0) is 13.0 Å². The minimum absolute atomic E-state index is 1.00. The van der Waals surface area contributed by atoms with Crippen molar-refractivity contribution in [1.29, 1.82) is 0 Å². The second-order valence-electron chi connectivity index (χ2n) is 2.41. The molecule has 1 aromatic heterocycles. The fourth-order valence-corrected chi connectivity index (χ4v) is 2.02. The molecule has 1 aromatic carbocycles. The molecule has 0 saturated heterocycles. The highest BCUT2D eigenvalue weighted by Crippen LogP contribution is 2.13. The van der Waals surface area contributed by atoms with Crippen LogP contribution in [0.5, 0.6) is 0 Å². The van der Waals surface area contributed by atoms with Gasteiger partial charge in [-0.2, -0.15) is 4.57 Å². The van der Waals surface area contributed by atoms with Crippen LogP contribution in [0.4, 0.5) is 0 Å². The predicted molar refractivity (Wildman–Crippen MR) is 46.5 cm³/mol. The standard InChI is InChI=1S/C9H9NS/c1-2-10-7-11-9-6-4-3-5-8(9)10/h3-6H,2H2,1H3/q+1. The maximum Gasteiger partial charge on any atom is 0.346 e. The van der Waals surface area contributed by atoms with Crippen LogP contribution >= 0.6 is 11.3 Å². The Kier molecular flexibility index (Phi) is 1.62. The van der Waals surface area contributed by atoms with E-state index in [0.717, 1.165) is 6.54 Å². The first-order valence-electron chi connectivity index (χ1n) is 3.71. The Balaban J connectivity index is 2.76. The van der Waals surface area contributed by atoms with Gasteiger partial charge in [0.1, 0.15) is 11.2 Å². The topological polar surface area (TPSA) is 3.88 Å². The van der Waals surface area contributed by atoms with Crippen LogP contribution in [0.2, 0.25) is 0 Å². The van der Waals surface area contributed by atoms with E-state index in [0.29, 0.717) is 0 Å². The van der Waals surface area contributed by atoms with Gasteiger partial charge in [0, 0.05) is 6.07 Å². The molecule has 2 aromatic rings. The smallest absolute Gasteiger partial charge is 0.176 e. The second kappa shape index (κ2) is 2.62. The average molecular weight is 163 g/mol. The van der Waals surface area contributed by atoms with Crippen molar-refractivity contribution < 1.29 is 4.57 Å². The number of aryl methyl sites for hydroxylation is 1. The Morgan fingerprint density at radius 2 is 2.27 bits per heavy atom. The van der Waals surface area contributed by atoms with Crippen molar-refractivity contribution in [3.8, 4) is 0 Å². The molecule has 0 bridgehead atoms. The SMILES string of the molecule is CC[n+]1[c]sc2ccccc21. The molecule has 0 fully saturated rings. The van der Waals surface area contributed by atoms with Gasteiger partial charge in [0.25, 0.3) is 0 Å². The van der Waals surface area contributed by atoms with Crippen LogP contribution in [0.15, 0.2) is 24.3 Å². The number of hydrogen-bond donors (Lipinski definition) is 0. The fraction of sp³-hybridized carbons (Fsp3) is 0.222. The Hall–Kier alpha value is -0.890. The zero-order valence-corrected chi connectivity index (χ0v) is 7.19. The van der Waals surface area contributed by atoms with Gasteiger partial charge < -0.3 is 0 Å². The van der Waals surface area contributed by atoms with Gasteiger partial charge in [-0.1, -0.05) is 23.5 Å². The van der Waals surface area contributed by atoms with Crippen molar-refractivity contribution in [2.45, 2.75) is 13.5 Å². The van der Waals surface area contributed by atoms with E-state index in [4.69, 9.17) is 0 Å². The largest absolute Gasteiger partial charge is 0.346 e. The molecule has 0 amide bonds. The van der Waals surface area contributed by atoms with Crippen molar-refractivity contribution in [3.05, 3.63) is 29.8 Å². The van der Waals surface area contributed by atoms with Gasteiger partial charge in [0.05, 0.1) is 0 Å². The lowest BCUT2D eigenvalue weighted by atomic mass is 10.3. The van der Waals surface area contributed by atoms with Crippen molar-refractivity contribution >= 4 is 21.6 Å². The highest BCUT2D eigenvalue weighted by atomic mass is 32.1. The summed E-state index contributed by atoms with van der Waals surface area (Å²) >= 11 is 1.68. The quantitative estimate of drug-likeness (QED) is 0.566. The number of aromatic nitrogens is 1. The zero-order valence-electron chi connectivity index (χ0n) is 6.37. The molecule has 1 nitrogen and oxygen atoms in total. The lowest BCUT2D eigenvalue weighted by Gasteiger charge is -1.84. The van der Waals surface area contributed by atoms with E-state index >= 15 is 0 Å². The summed E-state index contributed by atoms with van der Waals surface area (Å²) in [5.74, 6) is 0. The molecule has 55 valence electrons. The van der Waals surface area contributed by atoms with Crippen LogP contribution in [-0.2, 0) is 6.54 Å². The third-order valence-corrected chi connectivity index (χ3v) is 2.61. The Bertz CT molecular complexity index is 364. The number of thiazole rings is 1. The third-order valence-electron chi connectivity index (χ3n) is 1.74. The summed E-state index contributed by atoms with van der Waals surface area (Å²) in [4.78, 5) is 0. The second-order valence-corrected chi connectivity index (χ2v) is 3.23. The summed E-state index contributed by atoms with van der Waals surface area (Å²) in [7, 11) is 0. The molecule has 2 heteroatoms. The molecule has 11 heavy (non-hydrogen) atoms. The lowest BCUT2D eigenvalue weighted by Crippen LogP contribution is -2.29. The zero-order chi connectivity index (χ0) is 7.68. The van der Waals surface area contributed by atoms with E-state index in [9.17, 15) is 0 Å². The maximum absolute atomic E-state index is 3.22. The molecule has 1 heterocycles. The van der Waals surface area contributed by atoms with E-state index in [-0.39, 0.29) is 0 Å². The summed E-state index contributed by atoms with van der Waals surface area (Å²) < 4.78 is 3.45. The van der Waals surface area contributed by atoms with Crippen molar-refractivity contribution in [3.63, 3.8) is 0 Å². The van der Waals surface area contributed by atoms with Crippen LogP contribution in [0.1, 0.15) is 6.92 Å². The number of rotatable bonds is 1. The summed E-state index contributed by atoms with van der Waals surface area (Å²) in [6.07, 6.45) is 0. The molecule has 0 aliphatic carbocycles. The number of benzene rings is 1. The molecule has 0 atom stereocenters. The predicted octanol–water partition coefficient (Wildman–Crippen LogP) is 2.01. The molecule has 0 saturated carbocycles. The van der Waals surface area contributed by atoms with Gasteiger partial charge in [-0.25, -0.2) is 0 Å². The fourth-order valence-electron chi connectivity index (χ4n) is 1.15. The molecule has 0 N–H and O–H groups in total. The van der Waals surface area contributed by atoms with E-state index < -0.39 is 0 Å². The Morgan fingerprint density at radius 1 is 1.45 bits per heavy atom. The van der Waals surface area contributed by atoms with Crippen LogP contribution < -0.4 is 4.57 Å². The molecule has 0 aliphatic heterocycles. The number of fused-ring (bicyclic) bond motifs is 1. The van der Waals surface area contributed by atoms with Crippen LogP contribution in [0, 0.1) is 5.51 Å². The molecular weight excluding hydrogens is 154 g/mol. The minimum atomic E-state index is 1.00. The normalized spacial score (nSPS) is 10.6. The number of para-hydroxylation sites is 1. The first-order valence-corrected chi connectivity index (χ1v) is 4.52. The summed E-state index contributed by atoms with van der Waals surface area (Å²) in [6, 6.07) is 8.39. The van der Waals surface area contributed by atoms with Crippen LogP contribution in [0.3, 0.4) is 0 Å². The van der Waals surface area contributed by atoms with Crippen LogP contribution in [0.25, 0.3) is 10.2 Å². The number of hydrogen-bond acceptors (Lipinski definition) is 1. The van der Waals surface area contributed by atoms with Crippen molar-refractivity contribution in [2.24, 2.45) is 0 Å². The van der Waals surface area contributed by atoms with Gasteiger partial charge in [0.2, 0.25) is 5.52 Å². The molecule has 0 aliphatic rings. The van der Waals surface area contributed by atoms with Crippen molar-refractivity contribution in [2.75, 3.05) is 0 Å². The third kappa shape index (κ3) is 1.03. The first-order chi connectivity index (χ1) is 5.42. The van der Waals surface area contributed by atoms with Crippen molar-refractivity contribution in [1.82, 2.24) is 0 Å². The van der Waals surface area contributed by atoms with Gasteiger partial charge in [-0.3, -0.25) is 0 Å². The highest BCUT2D eigenvalue weighted by molar-refractivity contribution is 7.15. The Labute approximate surface area is 69.9 Å². The molecule has 0 spiro atoms. The summed E-state index contributed by atoms with van der Waals surface area (Å²) in [6.45, 7) is 3.14. The Morgan fingerprint density at radius 3 is 3.09 bits per heavy atom. The summed E-state index contributed by atoms with van der Waals surface area (Å²) in [5.41, 5.74) is 4.51. The molecule has 2 rings (SSSR count). The lowest BCUT2D eigenvalue weighted by molar-refractivity contribution is -0.667. The molecular formula is C9H9NS+. The average Bonchev–Trinajstić information content (AvgIpc) is 2.47. The monoisotopic (exact) mass is 163 g/mol. The molecule has 0 unspecified atom stereocenters. The maximum atomic E-state index is 3.22. The number of nitrogens with zero attached hydrogens (tertiary/aromatic N) is 1.